The number of carbonyl (C=O) groups is 1. The third kappa shape index (κ3) is 3.01. The Morgan fingerprint density at radius 1 is 1.21 bits per heavy atom. The van der Waals surface area contributed by atoms with E-state index in [0.717, 1.165) is 5.56 Å². The zero-order valence-corrected chi connectivity index (χ0v) is 13.6. The number of ketones is 1. The number of anilines is 1. The first-order valence-electron chi connectivity index (χ1n) is 7.57. The molecular weight excluding hydrogens is 306 g/mol. The average Bonchev–Trinajstić information content (AvgIpc) is 3.11. The molecule has 0 atom stereocenters. The van der Waals surface area contributed by atoms with Crippen molar-refractivity contribution < 1.29 is 9.32 Å². The molecule has 0 saturated carbocycles. The second kappa shape index (κ2) is 6.57. The van der Waals surface area contributed by atoms with Gasteiger partial charge in [0.05, 0.1) is 5.56 Å². The maximum absolute atomic E-state index is 11.9. The molecule has 0 spiro atoms. The van der Waals surface area contributed by atoms with Crippen LogP contribution in [0, 0.1) is 5.92 Å². The predicted octanol–water partition coefficient (Wildman–Crippen LogP) is 3.07. The minimum atomic E-state index is -0.0711. The lowest BCUT2D eigenvalue weighted by molar-refractivity contribution is 0.0939. The van der Waals surface area contributed by atoms with Gasteiger partial charge in [-0.05, 0) is 24.3 Å². The highest BCUT2D eigenvalue weighted by Crippen LogP contribution is 2.25. The number of rotatable bonds is 5. The highest BCUT2D eigenvalue weighted by Gasteiger charge is 2.16. The molecule has 3 aromatic heterocycles. The van der Waals surface area contributed by atoms with Gasteiger partial charge in [0.15, 0.2) is 5.78 Å². The van der Waals surface area contributed by atoms with Crippen LogP contribution < -0.4 is 5.32 Å². The lowest BCUT2D eigenvalue weighted by atomic mass is 10.0. The number of carbonyl (C=O) groups excluding carboxylic acids is 1. The van der Waals surface area contributed by atoms with Crippen molar-refractivity contribution in [3.63, 3.8) is 0 Å². The molecule has 0 fully saturated rings. The van der Waals surface area contributed by atoms with E-state index in [2.05, 4.69) is 25.4 Å². The Kier molecular flexibility index (Phi) is 4.33. The molecule has 0 aliphatic rings. The summed E-state index contributed by atoms with van der Waals surface area (Å²) in [5, 5.41) is 6.97. The number of aromatic nitrogens is 4. The van der Waals surface area contributed by atoms with E-state index in [0.29, 0.717) is 28.8 Å². The van der Waals surface area contributed by atoms with Crippen LogP contribution in [0.4, 0.5) is 5.82 Å². The molecule has 0 amide bonds. The van der Waals surface area contributed by atoms with Crippen molar-refractivity contribution in [3.05, 3.63) is 42.2 Å². The highest BCUT2D eigenvalue weighted by molar-refractivity contribution is 5.97. The molecule has 0 aromatic carbocycles. The summed E-state index contributed by atoms with van der Waals surface area (Å²) >= 11 is 0. The molecule has 0 unspecified atom stereocenters. The maximum Gasteiger partial charge on any atom is 0.276 e. The quantitative estimate of drug-likeness (QED) is 0.721. The van der Waals surface area contributed by atoms with Gasteiger partial charge in [0.1, 0.15) is 11.5 Å². The van der Waals surface area contributed by atoms with Gasteiger partial charge in [-0.1, -0.05) is 19.0 Å². The van der Waals surface area contributed by atoms with Crippen LogP contribution in [-0.2, 0) is 0 Å². The topological polar surface area (TPSA) is 93.8 Å². The van der Waals surface area contributed by atoms with Gasteiger partial charge in [0, 0.05) is 30.9 Å². The summed E-state index contributed by atoms with van der Waals surface area (Å²) in [6.45, 7) is 3.71. The van der Waals surface area contributed by atoms with Crippen LogP contribution in [0.3, 0.4) is 0 Å². The van der Waals surface area contributed by atoms with Gasteiger partial charge in [-0.15, -0.1) is 0 Å². The van der Waals surface area contributed by atoms with Gasteiger partial charge in [0.2, 0.25) is 5.82 Å². The van der Waals surface area contributed by atoms with Crippen molar-refractivity contribution >= 4 is 11.6 Å². The van der Waals surface area contributed by atoms with Crippen molar-refractivity contribution in [1.82, 2.24) is 20.1 Å². The summed E-state index contributed by atoms with van der Waals surface area (Å²) in [5.74, 6) is 1.36. The van der Waals surface area contributed by atoms with E-state index in [1.807, 2.05) is 19.9 Å². The monoisotopic (exact) mass is 323 g/mol. The van der Waals surface area contributed by atoms with Crippen molar-refractivity contribution in [3.8, 4) is 23.0 Å². The standard InChI is InChI=1S/C17H17N5O2/c1-10(2)14(23)11-6-7-13(20-9-11)17-21-16(22-24-17)12-5-4-8-19-15(12)18-3/h4-10H,1-3H3,(H,18,19). The van der Waals surface area contributed by atoms with Crippen molar-refractivity contribution in [1.29, 1.82) is 0 Å². The summed E-state index contributed by atoms with van der Waals surface area (Å²) in [6, 6.07) is 7.08. The molecule has 7 heteroatoms. The molecule has 24 heavy (non-hydrogen) atoms. The van der Waals surface area contributed by atoms with Crippen LogP contribution in [0.25, 0.3) is 23.0 Å². The molecule has 0 aliphatic heterocycles. The van der Waals surface area contributed by atoms with E-state index < -0.39 is 0 Å². The molecule has 122 valence electrons. The Bertz CT molecular complexity index is 855. The van der Waals surface area contributed by atoms with E-state index >= 15 is 0 Å². The number of hydrogen-bond acceptors (Lipinski definition) is 7. The summed E-state index contributed by atoms with van der Waals surface area (Å²) in [7, 11) is 1.78. The van der Waals surface area contributed by atoms with Crippen molar-refractivity contribution in [2.45, 2.75) is 13.8 Å². The first kappa shape index (κ1) is 15.8. The maximum atomic E-state index is 11.9. The van der Waals surface area contributed by atoms with E-state index in [9.17, 15) is 4.79 Å². The zero-order valence-electron chi connectivity index (χ0n) is 13.6. The molecule has 3 aromatic rings. The van der Waals surface area contributed by atoms with Gasteiger partial charge in [-0.2, -0.15) is 4.98 Å². The van der Waals surface area contributed by atoms with Gasteiger partial charge in [-0.3, -0.25) is 9.78 Å². The van der Waals surface area contributed by atoms with Crippen molar-refractivity contribution in [2.75, 3.05) is 12.4 Å². The Balaban J connectivity index is 1.89. The lowest BCUT2D eigenvalue weighted by Crippen LogP contribution is -2.07. The Labute approximate surface area is 139 Å². The number of nitrogens with one attached hydrogen (secondary N) is 1. The predicted molar refractivity (Wildman–Crippen MR) is 89.5 cm³/mol. The van der Waals surface area contributed by atoms with Gasteiger partial charge >= 0.3 is 0 Å². The minimum absolute atomic E-state index is 0.0503. The molecule has 0 aliphatic carbocycles. The molecule has 0 bridgehead atoms. The molecule has 1 N–H and O–H groups in total. The van der Waals surface area contributed by atoms with Gasteiger partial charge in [-0.25, -0.2) is 4.98 Å². The fraction of sp³-hybridized carbons (Fsp3) is 0.235. The van der Waals surface area contributed by atoms with E-state index in [4.69, 9.17) is 4.52 Å². The Morgan fingerprint density at radius 3 is 2.71 bits per heavy atom. The Morgan fingerprint density at radius 2 is 2.04 bits per heavy atom. The highest BCUT2D eigenvalue weighted by atomic mass is 16.5. The van der Waals surface area contributed by atoms with E-state index in [1.165, 1.54) is 6.20 Å². The normalized spacial score (nSPS) is 10.8. The molecular formula is C17H17N5O2. The largest absolute Gasteiger partial charge is 0.373 e. The fourth-order valence-electron chi connectivity index (χ4n) is 2.22. The first-order chi connectivity index (χ1) is 11.6. The molecule has 3 heterocycles. The summed E-state index contributed by atoms with van der Waals surface area (Å²) in [4.78, 5) is 24.8. The number of nitrogens with zero attached hydrogens (tertiary/aromatic N) is 4. The second-order valence-electron chi connectivity index (χ2n) is 5.52. The summed E-state index contributed by atoms with van der Waals surface area (Å²) in [6.07, 6.45) is 3.22. The molecule has 0 radical (unpaired) electrons. The van der Waals surface area contributed by atoms with Crippen LogP contribution >= 0.6 is 0 Å². The smallest absolute Gasteiger partial charge is 0.276 e. The van der Waals surface area contributed by atoms with E-state index in [1.54, 1.807) is 31.4 Å². The molecule has 0 saturated heterocycles. The zero-order chi connectivity index (χ0) is 17.1. The number of hydrogen-bond donors (Lipinski definition) is 1. The Hall–Kier alpha value is -3.09. The SMILES string of the molecule is CNc1ncccc1-c1noc(-c2ccc(C(=O)C(C)C)cn2)n1. The lowest BCUT2D eigenvalue weighted by Gasteiger charge is -2.03. The van der Waals surface area contributed by atoms with Crippen LogP contribution in [0.1, 0.15) is 24.2 Å². The third-order valence-corrected chi connectivity index (χ3v) is 3.50. The van der Waals surface area contributed by atoms with E-state index in [-0.39, 0.29) is 11.7 Å². The van der Waals surface area contributed by atoms with Crippen LogP contribution in [-0.4, -0.2) is 32.9 Å². The minimum Gasteiger partial charge on any atom is -0.373 e. The van der Waals surface area contributed by atoms with Crippen LogP contribution in [0.15, 0.2) is 41.2 Å². The summed E-state index contributed by atoms with van der Waals surface area (Å²) in [5.41, 5.74) is 1.82. The molecule has 7 nitrogen and oxygen atoms in total. The average molecular weight is 323 g/mol. The van der Waals surface area contributed by atoms with Crippen molar-refractivity contribution in [2.24, 2.45) is 5.92 Å². The number of Topliss-reactive ketones (excluding diaryl/α,β-unsaturated/α-hetero) is 1. The van der Waals surface area contributed by atoms with Crippen LogP contribution in [0.5, 0.6) is 0 Å². The van der Waals surface area contributed by atoms with Crippen LogP contribution in [0.2, 0.25) is 0 Å². The number of pyridine rings is 2. The van der Waals surface area contributed by atoms with Gasteiger partial charge in [0.25, 0.3) is 5.89 Å². The third-order valence-electron chi connectivity index (χ3n) is 3.50. The van der Waals surface area contributed by atoms with Gasteiger partial charge < -0.3 is 9.84 Å². The summed E-state index contributed by atoms with van der Waals surface area (Å²) < 4.78 is 5.29. The first-order valence-corrected chi connectivity index (χ1v) is 7.57. The molecule has 3 rings (SSSR count). The fourth-order valence-corrected chi connectivity index (χ4v) is 2.22. The second-order valence-corrected chi connectivity index (χ2v) is 5.52.